The van der Waals surface area contributed by atoms with Crippen molar-refractivity contribution in [3.63, 3.8) is 0 Å². The van der Waals surface area contributed by atoms with E-state index in [1.807, 2.05) is 13.8 Å². The summed E-state index contributed by atoms with van der Waals surface area (Å²) in [5, 5.41) is 45.3. The number of carbonyl (C=O) groups is 1. The van der Waals surface area contributed by atoms with E-state index < -0.39 is 49.2 Å². The Morgan fingerprint density at radius 2 is 1.77 bits per heavy atom. The summed E-state index contributed by atoms with van der Waals surface area (Å²) in [5.74, 6) is -0.199. The summed E-state index contributed by atoms with van der Waals surface area (Å²) in [6, 6.07) is -1.78. The molecule has 2 heterocycles. The Bertz CT molecular complexity index is 537. The van der Waals surface area contributed by atoms with Crippen molar-refractivity contribution in [1.82, 2.24) is 10.6 Å². The highest BCUT2D eigenvalue weighted by atomic mass is 16.7. The van der Waals surface area contributed by atoms with Gasteiger partial charge in [-0.25, -0.2) is 0 Å². The second-order valence-electron chi connectivity index (χ2n) is 9.40. The molecule has 6 N–H and O–H groups in total. The second-order valence-corrected chi connectivity index (χ2v) is 9.40. The third-order valence-corrected chi connectivity index (χ3v) is 5.32. The number of amides is 1. The van der Waals surface area contributed by atoms with E-state index >= 15 is 0 Å². The molecule has 2 aliphatic rings. The lowest BCUT2D eigenvalue weighted by molar-refractivity contribution is -0.254. The van der Waals surface area contributed by atoms with Crippen LogP contribution in [0.4, 0.5) is 0 Å². The second kappa shape index (κ2) is 11.1. The van der Waals surface area contributed by atoms with Crippen LogP contribution in [0.5, 0.6) is 0 Å². The minimum absolute atomic E-state index is 0.00662. The Labute approximate surface area is 177 Å². The zero-order valence-corrected chi connectivity index (χ0v) is 18.3. The van der Waals surface area contributed by atoms with Gasteiger partial charge in [0.05, 0.1) is 25.9 Å². The van der Waals surface area contributed by atoms with E-state index in [9.17, 15) is 20.1 Å². The van der Waals surface area contributed by atoms with Crippen LogP contribution < -0.4 is 10.6 Å². The molecule has 2 unspecified atom stereocenters. The molecule has 2 aliphatic heterocycles. The summed E-state index contributed by atoms with van der Waals surface area (Å²) in [6.45, 7) is 9.27. The molecule has 176 valence electrons. The minimum atomic E-state index is -1.54. The Balaban J connectivity index is 1.88. The maximum Gasteiger partial charge on any atom is 0.237 e. The van der Waals surface area contributed by atoms with Gasteiger partial charge in [0.15, 0.2) is 12.6 Å². The zero-order chi connectivity index (χ0) is 22.5. The molecule has 2 saturated heterocycles. The topological polar surface area (TPSA) is 150 Å². The van der Waals surface area contributed by atoms with E-state index in [0.717, 1.165) is 0 Å². The normalized spacial score (nSPS) is 33.4. The zero-order valence-electron chi connectivity index (χ0n) is 18.3. The summed E-state index contributed by atoms with van der Waals surface area (Å²) in [5.41, 5.74) is -0.00662. The number of rotatable bonds is 9. The molecule has 0 saturated carbocycles. The molecule has 0 aromatic carbocycles. The fourth-order valence-corrected chi connectivity index (χ4v) is 3.54. The van der Waals surface area contributed by atoms with Crippen molar-refractivity contribution in [3.8, 4) is 0 Å². The quantitative estimate of drug-likeness (QED) is 0.260. The first-order valence-electron chi connectivity index (χ1n) is 10.6. The number of aliphatic hydroxyl groups is 4. The smallest absolute Gasteiger partial charge is 0.237 e. The Hall–Kier alpha value is -0.850. The van der Waals surface area contributed by atoms with Crippen LogP contribution in [-0.4, -0.2) is 95.7 Å². The maximum absolute atomic E-state index is 12.8. The highest BCUT2D eigenvalue weighted by Gasteiger charge is 2.44. The highest BCUT2D eigenvalue weighted by molar-refractivity contribution is 5.82. The van der Waals surface area contributed by atoms with E-state index in [2.05, 4.69) is 24.5 Å². The number of nitrogens with one attached hydrogen (secondary N) is 2. The molecule has 0 aliphatic carbocycles. The fourth-order valence-electron chi connectivity index (χ4n) is 3.54. The molecule has 10 heteroatoms. The van der Waals surface area contributed by atoms with Crippen LogP contribution in [0, 0.1) is 11.3 Å². The molecule has 2 fully saturated rings. The standard InChI is InChI=1S/C20H38N2O8/c1-11(2)7-12(21-6-5-14-28-9-20(3,4)10-29-14)18(26)22-15-17(25)16(24)13(8-23)30-19(15)27/h11-17,19,21,23-25,27H,5-10H2,1-4H3,(H,22,26)/t12-,13?,15+,16+,17+,19?/m0/s1. The lowest BCUT2D eigenvalue weighted by Gasteiger charge is -2.40. The van der Waals surface area contributed by atoms with Crippen LogP contribution >= 0.6 is 0 Å². The van der Waals surface area contributed by atoms with Crippen LogP contribution in [0.1, 0.15) is 40.5 Å². The third-order valence-electron chi connectivity index (χ3n) is 5.32. The first-order chi connectivity index (χ1) is 14.0. The monoisotopic (exact) mass is 434 g/mol. The number of hydrogen-bond donors (Lipinski definition) is 6. The van der Waals surface area contributed by atoms with Crippen LogP contribution in [0.15, 0.2) is 0 Å². The van der Waals surface area contributed by atoms with Gasteiger partial charge in [-0.1, -0.05) is 27.7 Å². The molecule has 6 atom stereocenters. The van der Waals surface area contributed by atoms with Gasteiger partial charge in [0.25, 0.3) is 0 Å². The largest absolute Gasteiger partial charge is 0.394 e. The van der Waals surface area contributed by atoms with Crippen molar-refractivity contribution in [3.05, 3.63) is 0 Å². The molecule has 30 heavy (non-hydrogen) atoms. The average molecular weight is 435 g/mol. The number of carbonyl (C=O) groups excluding carboxylic acids is 1. The molecular weight excluding hydrogens is 396 g/mol. The number of hydrogen-bond acceptors (Lipinski definition) is 9. The third kappa shape index (κ3) is 7.10. The molecule has 2 rings (SSSR count). The SMILES string of the molecule is CC(C)C[C@H](NCCC1OCC(C)(C)CO1)C(=O)N[C@H]1C(O)OC(CO)[C@@H](O)[C@@H]1O. The van der Waals surface area contributed by atoms with Gasteiger partial charge in [-0.2, -0.15) is 0 Å². The van der Waals surface area contributed by atoms with Gasteiger partial charge in [0, 0.05) is 18.4 Å². The van der Waals surface area contributed by atoms with Crippen molar-refractivity contribution >= 4 is 5.91 Å². The predicted octanol–water partition coefficient (Wildman–Crippen LogP) is -1.30. The molecular formula is C20H38N2O8. The Morgan fingerprint density at radius 1 is 1.13 bits per heavy atom. The van der Waals surface area contributed by atoms with Crippen LogP contribution in [0.3, 0.4) is 0 Å². The van der Waals surface area contributed by atoms with Gasteiger partial charge in [0.1, 0.15) is 24.4 Å². The Kier molecular flexibility index (Phi) is 9.44. The Morgan fingerprint density at radius 3 is 2.33 bits per heavy atom. The molecule has 1 amide bonds. The van der Waals surface area contributed by atoms with Gasteiger partial charge in [-0.05, 0) is 12.3 Å². The number of aliphatic hydroxyl groups excluding tert-OH is 4. The lowest BCUT2D eigenvalue weighted by atomic mass is 9.95. The minimum Gasteiger partial charge on any atom is -0.394 e. The van der Waals surface area contributed by atoms with E-state index in [-0.39, 0.29) is 17.6 Å². The molecule has 0 aromatic rings. The van der Waals surface area contributed by atoms with Crippen molar-refractivity contribution in [2.75, 3.05) is 26.4 Å². The fraction of sp³-hybridized carbons (Fsp3) is 0.950. The summed E-state index contributed by atoms with van der Waals surface area (Å²) < 4.78 is 16.5. The van der Waals surface area contributed by atoms with E-state index in [1.165, 1.54) is 0 Å². The molecule has 0 spiro atoms. The van der Waals surface area contributed by atoms with E-state index in [0.29, 0.717) is 32.6 Å². The van der Waals surface area contributed by atoms with Crippen LogP contribution in [0.2, 0.25) is 0 Å². The lowest BCUT2D eigenvalue weighted by Crippen LogP contribution is -2.65. The van der Waals surface area contributed by atoms with Crippen molar-refractivity contribution in [2.45, 2.75) is 83.5 Å². The van der Waals surface area contributed by atoms with E-state index in [4.69, 9.17) is 19.3 Å². The first-order valence-corrected chi connectivity index (χ1v) is 10.6. The molecule has 0 bridgehead atoms. The van der Waals surface area contributed by atoms with Crippen molar-refractivity contribution in [1.29, 1.82) is 0 Å². The van der Waals surface area contributed by atoms with Crippen molar-refractivity contribution < 1.29 is 39.4 Å². The number of ether oxygens (including phenoxy) is 3. The average Bonchev–Trinajstić information content (AvgIpc) is 2.68. The first kappa shape index (κ1) is 25.4. The highest BCUT2D eigenvalue weighted by Crippen LogP contribution is 2.24. The summed E-state index contributed by atoms with van der Waals surface area (Å²) >= 11 is 0. The summed E-state index contributed by atoms with van der Waals surface area (Å²) in [4.78, 5) is 12.8. The maximum atomic E-state index is 12.8. The van der Waals surface area contributed by atoms with Crippen LogP contribution in [-0.2, 0) is 19.0 Å². The van der Waals surface area contributed by atoms with E-state index in [1.54, 1.807) is 0 Å². The van der Waals surface area contributed by atoms with Gasteiger partial charge in [0.2, 0.25) is 5.91 Å². The van der Waals surface area contributed by atoms with Gasteiger partial charge in [-0.3, -0.25) is 4.79 Å². The van der Waals surface area contributed by atoms with Crippen LogP contribution in [0.25, 0.3) is 0 Å². The van der Waals surface area contributed by atoms with Gasteiger partial charge >= 0.3 is 0 Å². The van der Waals surface area contributed by atoms with Crippen molar-refractivity contribution in [2.24, 2.45) is 11.3 Å². The summed E-state index contributed by atoms with van der Waals surface area (Å²) in [6.07, 6.45) is -4.77. The molecule has 0 radical (unpaired) electrons. The summed E-state index contributed by atoms with van der Waals surface area (Å²) in [7, 11) is 0. The van der Waals surface area contributed by atoms with Gasteiger partial charge in [-0.15, -0.1) is 0 Å². The molecule has 10 nitrogen and oxygen atoms in total. The predicted molar refractivity (Wildman–Crippen MR) is 107 cm³/mol. The molecule has 0 aromatic heterocycles. The van der Waals surface area contributed by atoms with Gasteiger partial charge < -0.3 is 45.3 Å².